The molecule has 0 fully saturated rings. The molecule has 0 aromatic heterocycles. The van der Waals surface area contributed by atoms with Crippen molar-refractivity contribution in [2.75, 3.05) is 13.2 Å². The van der Waals surface area contributed by atoms with Crippen LogP contribution in [0.25, 0.3) is 0 Å². The average molecular weight is 435 g/mol. The van der Waals surface area contributed by atoms with Gasteiger partial charge < -0.3 is 28.4 Å². The highest BCUT2D eigenvalue weighted by Gasteiger charge is 2.14. The molecule has 0 aliphatic heterocycles. The number of carbonyl (C=O) groups is 2. The van der Waals surface area contributed by atoms with Crippen LogP contribution in [0.1, 0.15) is 92.9 Å². The van der Waals surface area contributed by atoms with E-state index < -0.39 is 25.2 Å². The summed E-state index contributed by atoms with van der Waals surface area (Å²) in [5.41, 5.74) is 0. The maximum atomic E-state index is 11.8. The fraction of sp³-hybridized carbons (Fsp3) is 0.909. The third-order valence-corrected chi connectivity index (χ3v) is 4.18. The second kappa shape index (κ2) is 18.5. The Morgan fingerprint density at radius 3 is 1.23 bits per heavy atom. The first-order valence-corrected chi connectivity index (χ1v) is 11.2. The minimum atomic E-state index is -0.616. The predicted octanol–water partition coefficient (Wildman–Crippen LogP) is 4.68. The molecule has 0 bridgehead atoms. The highest BCUT2D eigenvalue weighted by Crippen LogP contribution is 2.11. The summed E-state index contributed by atoms with van der Waals surface area (Å²) in [6.45, 7) is 11.8. The summed E-state index contributed by atoms with van der Waals surface area (Å²) in [7, 11) is 0. The molecular weight excluding hydrogens is 392 g/mol. The molecule has 4 unspecified atom stereocenters. The van der Waals surface area contributed by atoms with E-state index in [4.69, 9.17) is 28.4 Å². The van der Waals surface area contributed by atoms with Crippen LogP contribution in [0.3, 0.4) is 0 Å². The lowest BCUT2D eigenvalue weighted by atomic mass is 10.1. The van der Waals surface area contributed by atoms with Crippen molar-refractivity contribution >= 4 is 11.9 Å². The van der Waals surface area contributed by atoms with Gasteiger partial charge in [0.2, 0.25) is 12.6 Å². The van der Waals surface area contributed by atoms with Gasteiger partial charge in [-0.05, 0) is 54.4 Å². The van der Waals surface area contributed by atoms with Crippen LogP contribution in [-0.2, 0) is 38.0 Å². The number of ether oxygens (including phenoxy) is 6. The third-order valence-electron chi connectivity index (χ3n) is 4.18. The Morgan fingerprint density at radius 2 is 0.900 bits per heavy atom. The third kappa shape index (κ3) is 17.6. The molecule has 0 aromatic rings. The molecule has 0 saturated carbocycles. The first-order valence-electron chi connectivity index (χ1n) is 11.2. The summed E-state index contributed by atoms with van der Waals surface area (Å²) in [6.07, 6.45) is 4.21. The Kier molecular flexibility index (Phi) is 17.8. The molecule has 0 radical (unpaired) electrons. The van der Waals surface area contributed by atoms with Crippen LogP contribution in [-0.4, -0.2) is 50.3 Å². The number of hydrogen-bond acceptors (Lipinski definition) is 8. The van der Waals surface area contributed by atoms with Crippen molar-refractivity contribution in [2.45, 2.75) is 118 Å². The molecule has 178 valence electrons. The second-order valence-electron chi connectivity index (χ2n) is 7.05. The molecule has 8 nitrogen and oxygen atoms in total. The van der Waals surface area contributed by atoms with Gasteiger partial charge in [0.15, 0.2) is 12.6 Å². The normalized spacial score (nSPS) is 15.3. The molecule has 0 spiro atoms. The summed E-state index contributed by atoms with van der Waals surface area (Å²) in [5, 5.41) is 0. The van der Waals surface area contributed by atoms with Gasteiger partial charge in [-0.1, -0.05) is 25.7 Å². The van der Waals surface area contributed by atoms with Crippen LogP contribution >= 0.6 is 0 Å². The molecule has 30 heavy (non-hydrogen) atoms. The first-order chi connectivity index (χ1) is 14.3. The largest absolute Gasteiger partial charge is 0.436 e. The lowest BCUT2D eigenvalue weighted by Crippen LogP contribution is -2.24. The predicted molar refractivity (Wildman–Crippen MR) is 112 cm³/mol. The van der Waals surface area contributed by atoms with Crippen molar-refractivity contribution in [3.05, 3.63) is 0 Å². The van der Waals surface area contributed by atoms with Crippen LogP contribution in [0.15, 0.2) is 0 Å². The van der Waals surface area contributed by atoms with E-state index in [-0.39, 0.29) is 11.9 Å². The van der Waals surface area contributed by atoms with E-state index >= 15 is 0 Å². The van der Waals surface area contributed by atoms with Gasteiger partial charge in [0.25, 0.3) is 0 Å². The van der Waals surface area contributed by atoms with Gasteiger partial charge >= 0.3 is 11.9 Å². The van der Waals surface area contributed by atoms with E-state index in [9.17, 15) is 9.59 Å². The van der Waals surface area contributed by atoms with Gasteiger partial charge in [0.05, 0.1) is 0 Å². The SMILES string of the molecule is CCOC(C)OC(C)OC(=O)CCCCCCCCC(=O)OC(C)OC(C)OCC. The van der Waals surface area contributed by atoms with Crippen molar-refractivity contribution < 1.29 is 38.0 Å². The molecule has 0 rings (SSSR count). The number of rotatable bonds is 19. The Morgan fingerprint density at radius 1 is 0.567 bits per heavy atom. The zero-order valence-corrected chi connectivity index (χ0v) is 19.6. The van der Waals surface area contributed by atoms with E-state index in [2.05, 4.69) is 0 Å². The van der Waals surface area contributed by atoms with Gasteiger partial charge in [-0.25, -0.2) is 0 Å². The van der Waals surface area contributed by atoms with Gasteiger partial charge in [-0.2, -0.15) is 0 Å². The number of carbonyl (C=O) groups excluding carboxylic acids is 2. The molecule has 8 heteroatoms. The first kappa shape index (κ1) is 28.8. The molecular formula is C22H42O8. The Bertz CT molecular complexity index is 403. The van der Waals surface area contributed by atoms with Crippen molar-refractivity contribution in [3.63, 3.8) is 0 Å². The monoisotopic (exact) mass is 434 g/mol. The van der Waals surface area contributed by atoms with Crippen LogP contribution in [0.4, 0.5) is 0 Å². The summed E-state index contributed by atoms with van der Waals surface area (Å²) < 4.78 is 31.7. The minimum absolute atomic E-state index is 0.260. The number of unbranched alkanes of at least 4 members (excludes halogenated alkanes) is 5. The zero-order valence-electron chi connectivity index (χ0n) is 19.6. The summed E-state index contributed by atoms with van der Waals surface area (Å²) in [5.74, 6) is -0.520. The molecule has 4 atom stereocenters. The second-order valence-corrected chi connectivity index (χ2v) is 7.05. The molecule has 0 heterocycles. The standard InChI is InChI=1S/C22H42O8/c1-7-25-17(3)27-19(5)29-21(23)15-13-11-9-10-12-14-16-22(24)30-20(6)28-18(4)26-8-2/h17-20H,7-16H2,1-6H3. The molecule has 0 saturated heterocycles. The van der Waals surface area contributed by atoms with E-state index in [1.807, 2.05) is 13.8 Å². The van der Waals surface area contributed by atoms with Gasteiger partial charge in [0, 0.05) is 26.1 Å². The highest BCUT2D eigenvalue weighted by atomic mass is 16.8. The van der Waals surface area contributed by atoms with Crippen LogP contribution in [0.5, 0.6) is 0 Å². The zero-order chi connectivity index (χ0) is 22.8. The van der Waals surface area contributed by atoms with E-state index in [0.717, 1.165) is 38.5 Å². The lowest BCUT2D eigenvalue weighted by molar-refractivity contribution is -0.229. The molecule has 0 aromatic carbocycles. The Labute approximate surface area is 181 Å². The van der Waals surface area contributed by atoms with Crippen molar-refractivity contribution in [1.82, 2.24) is 0 Å². The number of hydrogen-bond donors (Lipinski definition) is 0. The van der Waals surface area contributed by atoms with E-state index in [0.29, 0.717) is 26.1 Å². The summed E-state index contributed by atoms with van der Waals surface area (Å²) >= 11 is 0. The van der Waals surface area contributed by atoms with Crippen LogP contribution in [0.2, 0.25) is 0 Å². The molecule has 0 N–H and O–H groups in total. The topological polar surface area (TPSA) is 89.5 Å². The van der Waals surface area contributed by atoms with Gasteiger partial charge in [0.1, 0.15) is 0 Å². The fourth-order valence-electron chi connectivity index (χ4n) is 2.88. The van der Waals surface area contributed by atoms with E-state index in [1.165, 1.54) is 0 Å². The van der Waals surface area contributed by atoms with E-state index in [1.54, 1.807) is 27.7 Å². The average Bonchev–Trinajstić information content (AvgIpc) is 2.63. The van der Waals surface area contributed by atoms with Crippen molar-refractivity contribution in [1.29, 1.82) is 0 Å². The minimum Gasteiger partial charge on any atom is -0.436 e. The quantitative estimate of drug-likeness (QED) is 0.164. The Balaban J connectivity index is 3.60. The van der Waals surface area contributed by atoms with Crippen molar-refractivity contribution in [2.24, 2.45) is 0 Å². The maximum absolute atomic E-state index is 11.8. The molecule has 0 amide bonds. The molecule has 0 aliphatic carbocycles. The maximum Gasteiger partial charge on any atom is 0.308 e. The van der Waals surface area contributed by atoms with Crippen LogP contribution in [0, 0.1) is 0 Å². The smallest absolute Gasteiger partial charge is 0.308 e. The number of esters is 2. The lowest BCUT2D eigenvalue weighted by Gasteiger charge is -2.19. The van der Waals surface area contributed by atoms with Crippen LogP contribution < -0.4 is 0 Å². The van der Waals surface area contributed by atoms with Crippen molar-refractivity contribution in [3.8, 4) is 0 Å². The summed E-state index contributed by atoms with van der Waals surface area (Å²) in [6, 6.07) is 0. The van der Waals surface area contributed by atoms with Gasteiger partial charge in [-0.15, -0.1) is 0 Å². The summed E-state index contributed by atoms with van der Waals surface area (Å²) in [4.78, 5) is 23.6. The molecule has 0 aliphatic rings. The Hall–Kier alpha value is -1.22. The fourth-order valence-corrected chi connectivity index (χ4v) is 2.88. The van der Waals surface area contributed by atoms with Gasteiger partial charge in [-0.3, -0.25) is 9.59 Å². The highest BCUT2D eigenvalue weighted by molar-refractivity contribution is 5.69.